The highest BCUT2D eigenvalue weighted by Crippen LogP contribution is 2.24. The van der Waals surface area contributed by atoms with Crippen LogP contribution in [0.15, 0.2) is 71.8 Å². The average Bonchev–Trinajstić information content (AvgIpc) is 2.95. The third-order valence-electron chi connectivity index (χ3n) is 5.70. The number of nitrogens with zero attached hydrogens (tertiary/aromatic N) is 5. The molecule has 1 saturated heterocycles. The summed E-state index contributed by atoms with van der Waals surface area (Å²) in [4.78, 5) is 15.5. The first-order valence-electron chi connectivity index (χ1n) is 12.1. The van der Waals surface area contributed by atoms with E-state index in [0.29, 0.717) is 59.7 Å². The Morgan fingerprint density at radius 2 is 1.74 bits per heavy atom. The molecule has 0 spiro atoms. The van der Waals surface area contributed by atoms with Gasteiger partial charge in [-0.15, -0.1) is 0 Å². The van der Waals surface area contributed by atoms with Crippen molar-refractivity contribution in [3.63, 3.8) is 0 Å². The van der Waals surface area contributed by atoms with Gasteiger partial charge >= 0.3 is 0 Å². The molecular formula is C27H24Cl2FN7O2. The zero-order valence-electron chi connectivity index (χ0n) is 20.7. The fourth-order valence-electron chi connectivity index (χ4n) is 3.71. The van der Waals surface area contributed by atoms with E-state index in [0.717, 1.165) is 11.1 Å². The Balaban J connectivity index is 1.32. The summed E-state index contributed by atoms with van der Waals surface area (Å²) < 4.78 is 24.8. The van der Waals surface area contributed by atoms with E-state index in [1.165, 1.54) is 12.1 Å². The second-order valence-corrected chi connectivity index (χ2v) is 9.29. The summed E-state index contributed by atoms with van der Waals surface area (Å²) in [6, 6.07) is 18.7. The number of aromatic nitrogens is 3. The lowest BCUT2D eigenvalue weighted by atomic mass is 10.2. The minimum absolute atomic E-state index is 0.235. The molecule has 12 heteroatoms. The lowest BCUT2D eigenvalue weighted by Crippen LogP contribution is -2.37. The van der Waals surface area contributed by atoms with E-state index in [1.807, 2.05) is 35.2 Å². The van der Waals surface area contributed by atoms with Crippen LogP contribution in [0.25, 0.3) is 0 Å². The number of morpholine rings is 1. The van der Waals surface area contributed by atoms with Gasteiger partial charge in [-0.25, -0.2) is 9.82 Å². The number of benzene rings is 3. The topological polar surface area (TPSA) is 96.8 Å². The van der Waals surface area contributed by atoms with Crippen LogP contribution in [-0.4, -0.2) is 47.5 Å². The molecule has 5 rings (SSSR count). The quantitative estimate of drug-likeness (QED) is 0.190. The van der Waals surface area contributed by atoms with Crippen LogP contribution in [0.2, 0.25) is 10.0 Å². The van der Waals surface area contributed by atoms with Gasteiger partial charge < -0.3 is 19.7 Å². The second kappa shape index (κ2) is 12.7. The third-order valence-corrected chi connectivity index (χ3v) is 6.29. The Kier molecular flexibility index (Phi) is 8.67. The summed E-state index contributed by atoms with van der Waals surface area (Å²) >= 11 is 12.3. The Labute approximate surface area is 234 Å². The number of halogens is 3. The third kappa shape index (κ3) is 7.32. The van der Waals surface area contributed by atoms with Crippen LogP contribution in [0.1, 0.15) is 11.1 Å². The van der Waals surface area contributed by atoms with Crippen molar-refractivity contribution in [2.24, 2.45) is 5.10 Å². The second-order valence-electron chi connectivity index (χ2n) is 8.45. The normalized spacial score (nSPS) is 13.5. The van der Waals surface area contributed by atoms with Crippen molar-refractivity contribution in [2.75, 3.05) is 41.9 Å². The first-order chi connectivity index (χ1) is 19.0. The highest BCUT2D eigenvalue weighted by Gasteiger charge is 2.17. The molecule has 39 heavy (non-hydrogen) atoms. The summed E-state index contributed by atoms with van der Waals surface area (Å²) in [5, 5.41) is 8.52. The molecule has 200 valence electrons. The van der Waals surface area contributed by atoms with Crippen molar-refractivity contribution in [2.45, 2.75) is 6.61 Å². The van der Waals surface area contributed by atoms with E-state index in [4.69, 9.17) is 32.7 Å². The molecule has 1 aliphatic heterocycles. The van der Waals surface area contributed by atoms with Crippen LogP contribution >= 0.6 is 23.2 Å². The standard InChI is InChI=1S/C27H24Cl2FN7O2/c28-20-6-5-19(23(29)15-20)17-39-24-4-2-1-3-18(24)16-31-36-26-33-25(32-22-9-7-21(30)8-10-22)34-27(35-26)37-11-13-38-14-12-37/h1-10,15-16H,11-14,17H2,(H2,32,33,34,35,36)/b31-16+. The highest BCUT2D eigenvalue weighted by molar-refractivity contribution is 6.35. The molecule has 1 fully saturated rings. The number of para-hydroxylation sites is 1. The molecule has 0 aliphatic carbocycles. The minimum Gasteiger partial charge on any atom is -0.488 e. The van der Waals surface area contributed by atoms with Gasteiger partial charge in [0.05, 0.1) is 19.4 Å². The molecule has 0 atom stereocenters. The highest BCUT2D eigenvalue weighted by atomic mass is 35.5. The SMILES string of the molecule is Fc1ccc(Nc2nc(N/N=C/c3ccccc3OCc3ccc(Cl)cc3Cl)nc(N3CCOCC3)n2)cc1. The predicted molar refractivity (Wildman–Crippen MR) is 151 cm³/mol. The Hall–Kier alpha value is -3.99. The first-order valence-corrected chi connectivity index (χ1v) is 12.9. The molecule has 9 nitrogen and oxygen atoms in total. The van der Waals surface area contributed by atoms with Crippen molar-refractivity contribution in [3.8, 4) is 5.75 Å². The number of hydrazone groups is 1. The van der Waals surface area contributed by atoms with E-state index in [1.54, 1.807) is 30.5 Å². The van der Waals surface area contributed by atoms with Gasteiger partial charge in [-0.1, -0.05) is 41.4 Å². The lowest BCUT2D eigenvalue weighted by molar-refractivity contribution is 0.122. The minimum atomic E-state index is -0.331. The number of hydrogen-bond donors (Lipinski definition) is 2. The number of rotatable bonds is 9. The van der Waals surface area contributed by atoms with Gasteiger partial charge in [-0.05, 0) is 48.5 Å². The van der Waals surface area contributed by atoms with Crippen molar-refractivity contribution in [1.82, 2.24) is 15.0 Å². The molecule has 0 amide bonds. The largest absolute Gasteiger partial charge is 0.488 e. The molecule has 0 bridgehead atoms. The summed E-state index contributed by atoms with van der Waals surface area (Å²) in [6.07, 6.45) is 1.62. The van der Waals surface area contributed by atoms with Crippen molar-refractivity contribution >= 4 is 52.9 Å². The predicted octanol–water partition coefficient (Wildman–Crippen LogP) is 5.92. The lowest BCUT2D eigenvalue weighted by Gasteiger charge is -2.27. The van der Waals surface area contributed by atoms with E-state index in [-0.39, 0.29) is 18.4 Å². The summed E-state index contributed by atoms with van der Waals surface area (Å²) in [7, 11) is 0. The maximum Gasteiger partial charge on any atom is 0.250 e. The monoisotopic (exact) mass is 567 g/mol. The molecule has 3 aromatic carbocycles. The van der Waals surface area contributed by atoms with Crippen LogP contribution in [0.4, 0.5) is 27.9 Å². The molecule has 0 unspecified atom stereocenters. The van der Waals surface area contributed by atoms with Crippen LogP contribution in [0.5, 0.6) is 5.75 Å². The first kappa shape index (κ1) is 26.6. The average molecular weight is 568 g/mol. The molecular weight excluding hydrogens is 544 g/mol. The number of hydrogen-bond acceptors (Lipinski definition) is 9. The van der Waals surface area contributed by atoms with Gasteiger partial charge in [-0.2, -0.15) is 20.1 Å². The Morgan fingerprint density at radius 1 is 0.974 bits per heavy atom. The van der Waals surface area contributed by atoms with Gasteiger partial charge in [0.25, 0.3) is 0 Å². The molecule has 1 aromatic heterocycles. The zero-order chi connectivity index (χ0) is 27.0. The Morgan fingerprint density at radius 3 is 2.54 bits per heavy atom. The summed E-state index contributed by atoms with van der Waals surface area (Å²) in [5.74, 6) is 1.29. The molecule has 2 heterocycles. The zero-order valence-corrected chi connectivity index (χ0v) is 22.2. The van der Waals surface area contributed by atoms with Gasteiger partial charge in [0.2, 0.25) is 17.8 Å². The molecule has 4 aromatic rings. The molecule has 0 radical (unpaired) electrons. The Bertz CT molecular complexity index is 1450. The van der Waals surface area contributed by atoms with E-state index in [9.17, 15) is 4.39 Å². The summed E-state index contributed by atoms with van der Waals surface area (Å²) in [6.45, 7) is 2.70. The van der Waals surface area contributed by atoms with Crippen LogP contribution < -0.4 is 20.4 Å². The fraction of sp³-hybridized carbons (Fsp3) is 0.185. The number of ether oxygens (including phenoxy) is 2. The van der Waals surface area contributed by atoms with Crippen molar-refractivity contribution in [1.29, 1.82) is 0 Å². The summed E-state index contributed by atoms with van der Waals surface area (Å²) in [5.41, 5.74) is 5.07. The fourth-order valence-corrected chi connectivity index (χ4v) is 4.17. The van der Waals surface area contributed by atoms with E-state index >= 15 is 0 Å². The number of anilines is 4. The molecule has 1 aliphatic rings. The van der Waals surface area contributed by atoms with Gasteiger partial charge in [0.1, 0.15) is 18.2 Å². The molecule has 0 saturated carbocycles. The van der Waals surface area contributed by atoms with E-state index < -0.39 is 0 Å². The molecule has 2 N–H and O–H groups in total. The number of nitrogens with one attached hydrogen (secondary N) is 2. The van der Waals surface area contributed by atoms with Crippen LogP contribution in [0.3, 0.4) is 0 Å². The smallest absolute Gasteiger partial charge is 0.250 e. The van der Waals surface area contributed by atoms with Gasteiger partial charge in [0, 0.05) is 39.9 Å². The van der Waals surface area contributed by atoms with Crippen LogP contribution in [-0.2, 0) is 11.3 Å². The van der Waals surface area contributed by atoms with Crippen LogP contribution in [0, 0.1) is 5.82 Å². The maximum atomic E-state index is 13.3. The van der Waals surface area contributed by atoms with Gasteiger partial charge in [-0.3, -0.25) is 0 Å². The van der Waals surface area contributed by atoms with Crippen molar-refractivity contribution in [3.05, 3.63) is 93.7 Å². The van der Waals surface area contributed by atoms with Gasteiger partial charge in [0.15, 0.2) is 0 Å². The van der Waals surface area contributed by atoms with Crippen molar-refractivity contribution < 1.29 is 13.9 Å². The maximum absolute atomic E-state index is 13.3. The van der Waals surface area contributed by atoms with E-state index in [2.05, 4.69) is 30.8 Å².